The van der Waals surface area contributed by atoms with Gasteiger partial charge in [-0.25, -0.2) is 0 Å². The molecule has 0 aromatic rings. The lowest BCUT2D eigenvalue weighted by molar-refractivity contribution is -0.148. The molecule has 0 radical (unpaired) electrons. The van der Waals surface area contributed by atoms with Gasteiger partial charge in [-0.15, -0.1) is 0 Å². The van der Waals surface area contributed by atoms with Crippen molar-refractivity contribution in [3.8, 4) is 0 Å². The maximum atomic E-state index is 6.36. The molecule has 1 saturated heterocycles. The van der Waals surface area contributed by atoms with Gasteiger partial charge in [-0.1, -0.05) is 27.4 Å². The van der Waals surface area contributed by atoms with E-state index >= 15 is 0 Å². The molecular weight excluding hydrogens is 336 g/mol. The average molecular weight is 375 g/mol. The Kier molecular flexibility index (Phi) is 6.60. The predicted molar refractivity (Wildman–Crippen MR) is 105 cm³/mol. The van der Waals surface area contributed by atoms with E-state index in [0.29, 0.717) is 13.0 Å². The molecule has 0 unspecified atom stereocenters. The van der Waals surface area contributed by atoms with Gasteiger partial charge in [-0.2, -0.15) is 0 Å². The van der Waals surface area contributed by atoms with Crippen LogP contribution in [0.5, 0.6) is 0 Å². The molecule has 1 aliphatic heterocycles. The van der Waals surface area contributed by atoms with Gasteiger partial charge in [-0.3, -0.25) is 0 Å². The van der Waals surface area contributed by atoms with Gasteiger partial charge in [-0.05, 0) is 51.6 Å². The van der Waals surface area contributed by atoms with Crippen molar-refractivity contribution in [3.63, 3.8) is 0 Å². The van der Waals surface area contributed by atoms with Crippen molar-refractivity contribution in [2.45, 2.75) is 96.8 Å². The summed E-state index contributed by atoms with van der Waals surface area (Å²) in [6.45, 7) is 26.3. The quantitative estimate of drug-likeness (QED) is 0.448. The van der Waals surface area contributed by atoms with E-state index < -0.39 is 22.4 Å². The smallest absolute Gasteiger partial charge is 0.241 e. The fourth-order valence-corrected chi connectivity index (χ4v) is 4.39. The first-order valence-corrected chi connectivity index (χ1v) is 15.2. The summed E-state index contributed by atoms with van der Waals surface area (Å²) in [4.78, 5) is 0. The van der Waals surface area contributed by atoms with E-state index in [2.05, 4.69) is 60.1 Å². The van der Waals surface area contributed by atoms with Gasteiger partial charge < -0.3 is 18.3 Å². The van der Waals surface area contributed by atoms with Gasteiger partial charge >= 0.3 is 0 Å². The minimum Gasteiger partial charge on any atom is -0.548 e. The third-order valence-corrected chi connectivity index (χ3v) is 9.98. The SMILES string of the molecule is C=C(C[C@H]1OC(C)(C)O[C@@H]1CO[Si](C)(C)C(C)(C)C)O[Si](C)(C)C. The van der Waals surface area contributed by atoms with Gasteiger partial charge in [0.25, 0.3) is 0 Å². The third-order valence-electron chi connectivity index (χ3n) is 4.58. The van der Waals surface area contributed by atoms with Crippen LogP contribution < -0.4 is 0 Å². The van der Waals surface area contributed by atoms with Crippen molar-refractivity contribution in [3.05, 3.63) is 12.3 Å². The van der Waals surface area contributed by atoms with Crippen LogP contribution in [0, 0.1) is 0 Å². The standard InChI is InChI=1S/C18H38O4Si2/c1-14(22-23(7,8)9)12-15-16(21-18(5,6)20-15)13-19-24(10,11)17(2,3)4/h15-16H,1,12-13H2,2-11H3/t15-,16-/m1/s1. The van der Waals surface area contributed by atoms with Crippen LogP contribution >= 0.6 is 0 Å². The summed E-state index contributed by atoms with van der Waals surface area (Å²) in [6.07, 6.45) is 0.490. The summed E-state index contributed by atoms with van der Waals surface area (Å²) in [7, 11) is -3.45. The lowest BCUT2D eigenvalue weighted by atomic mass is 10.1. The molecule has 1 heterocycles. The Labute approximate surface area is 151 Å². The van der Waals surface area contributed by atoms with Crippen molar-refractivity contribution in [2.75, 3.05) is 6.61 Å². The molecule has 0 aromatic heterocycles. The minimum atomic E-state index is -1.81. The fourth-order valence-electron chi connectivity index (χ4n) is 2.43. The second-order valence-corrected chi connectivity index (χ2v) is 19.0. The molecule has 1 rings (SSSR count). The molecule has 2 atom stereocenters. The lowest BCUT2D eigenvalue weighted by Crippen LogP contribution is -2.44. The zero-order valence-electron chi connectivity index (χ0n) is 17.4. The molecule has 1 aliphatic rings. The Hall–Kier alpha value is -0.146. The van der Waals surface area contributed by atoms with E-state index in [0.717, 1.165) is 5.76 Å². The number of rotatable bonds is 7. The van der Waals surface area contributed by atoms with Crippen LogP contribution in [0.3, 0.4) is 0 Å². The molecule has 1 fully saturated rings. The van der Waals surface area contributed by atoms with Crippen LogP contribution in [0.25, 0.3) is 0 Å². The van der Waals surface area contributed by atoms with Crippen LogP contribution in [-0.4, -0.2) is 41.2 Å². The van der Waals surface area contributed by atoms with Gasteiger partial charge in [0.15, 0.2) is 14.1 Å². The van der Waals surface area contributed by atoms with Gasteiger partial charge in [0.2, 0.25) is 8.32 Å². The molecule has 0 aromatic carbocycles. The first-order chi connectivity index (χ1) is 10.5. The molecule has 142 valence electrons. The number of ether oxygens (including phenoxy) is 2. The Morgan fingerprint density at radius 2 is 1.54 bits per heavy atom. The highest BCUT2D eigenvalue weighted by Gasteiger charge is 2.44. The summed E-state index contributed by atoms with van der Waals surface area (Å²) in [5, 5.41) is 0.183. The van der Waals surface area contributed by atoms with E-state index in [4.69, 9.17) is 18.3 Å². The lowest BCUT2D eigenvalue weighted by Gasteiger charge is -2.37. The van der Waals surface area contributed by atoms with Crippen LogP contribution in [0.15, 0.2) is 12.3 Å². The summed E-state index contributed by atoms with van der Waals surface area (Å²) in [5.74, 6) is 0.198. The third kappa shape index (κ3) is 6.63. The topological polar surface area (TPSA) is 36.9 Å². The molecule has 0 N–H and O–H groups in total. The van der Waals surface area contributed by atoms with Crippen molar-refractivity contribution in [2.24, 2.45) is 0 Å². The predicted octanol–water partition coefficient (Wildman–Crippen LogP) is 5.28. The first-order valence-electron chi connectivity index (χ1n) is 8.89. The second kappa shape index (κ2) is 7.23. The molecule has 0 spiro atoms. The molecule has 0 amide bonds. The van der Waals surface area contributed by atoms with Crippen molar-refractivity contribution >= 4 is 16.6 Å². The van der Waals surface area contributed by atoms with Crippen molar-refractivity contribution in [1.29, 1.82) is 0 Å². The van der Waals surface area contributed by atoms with Gasteiger partial charge in [0.05, 0.1) is 18.5 Å². The second-order valence-electron chi connectivity index (χ2n) is 9.74. The zero-order valence-corrected chi connectivity index (χ0v) is 19.4. The van der Waals surface area contributed by atoms with E-state index in [9.17, 15) is 0 Å². The van der Waals surface area contributed by atoms with Gasteiger partial charge in [0.1, 0.15) is 6.10 Å². The minimum absolute atomic E-state index is 0.0754. The van der Waals surface area contributed by atoms with Crippen molar-refractivity contribution < 1.29 is 18.3 Å². The number of hydrogen-bond donors (Lipinski definition) is 0. The summed E-state index contributed by atoms with van der Waals surface area (Å²) in [5.41, 5.74) is 0. The van der Waals surface area contributed by atoms with E-state index in [1.54, 1.807) is 0 Å². The largest absolute Gasteiger partial charge is 0.548 e. The monoisotopic (exact) mass is 374 g/mol. The van der Waals surface area contributed by atoms with E-state index in [1.165, 1.54) is 0 Å². The normalized spacial score (nSPS) is 24.9. The fraction of sp³-hybridized carbons (Fsp3) is 0.889. The van der Waals surface area contributed by atoms with Crippen LogP contribution in [0.4, 0.5) is 0 Å². The van der Waals surface area contributed by atoms with Crippen LogP contribution in [-0.2, 0) is 18.3 Å². The molecule has 0 bridgehead atoms. The Balaban J connectivity index is 2.71. The van der Waals surface area contributed by atoms with E-state index in [-0.39, 0.29) is 17.2 Å². The van der Waals surface area contributed by atoms with Crippen LogP contribution in [0.1, 0.15) is 41.0 Å². The first kappa shape index (κ1) is 21.9. The highest BCUT2D eigenvalue weighted by molar-refractivity contribution is 6.74. The molecule has 0 saturated carbocycles. The molecular formula is C18H38O4Si2. The zero-order chi connectivity index (χ0) is 19.0. The van der Waals surface area contributed by atoms with Crippen LogP contribution in [0.2, 0.25) is 37.8 Å². The Bertz CT molecular complexity index is 447. The molecule has 24 heavy (non-hydrogen) atoms. The number of hydrogen-bond acceptors (Lipinski definition) is 4. The Morgan fingerprint density at radius 3 is 2.00 bits per heavy atom. The average Bonchev–Trinajstić information content (AvgIpc) is 2.57. The summed E-state index contributed by atoms with van der Waals surface area (Å²) >= 11 is 0. The maximum absolute atomic E-state index is 6.36. The van der Waals surface area contributed by atoms with Gasteiger partial charge in [0, 0.05) is 6.42 Å². The van der Waals surface area contributed by atoms with E-state index in [1.807, 2.05) is 13.8 Å². The summed E-state index contributed by atoms with van der Waals surface area (Å²) < 4.78 is 24.5. The highest BCUT2D eigenvalue weighted by Crippen LogP contribution is 2.38. The Morgan fingerprint density at radius 1 is 1.04 bits per heavy atom. The van der Waals surface area contributed by atoms with Crippen molar-refractivity contribution in [1.82, 2.24) is 0 Å². The molecule has 4 nitrogen and oxygen atoms in total. The maximum Gasteiger partial charge on any atom is 0.241 e. The molecule has 0 aliphatic carbocycles. The summed E-state index contributed by atoms with van der Waals surface area (Å²) in [6, 6.07) is 0. The highest BCUT2D eigenvalue weighted by atomic mass is 28.4. The molecule has 6 heteroatoms.